The molecule has 0 unspecified atom stereocenters. The molecule has 0 aliphatic heterocycles. The average Bonchev–Trinajstić information content (AvgIpc) is 3.03. The van der Waals surface area contributed by atoms with Crippen molar-refractivity contribution in [3.05, 3.63) is 40.9 Å². The van der Waals surface area contributed by atoms with E-state index in [4.69, 9.17) is 5.11 Å². The molecule has 0 aliphatic carbocycles. The van der Waals surface area contributed by atoms with Gasteiger partial charge < -0.3 is 15.7 Å². The number of thiazole rings is 1. The first-order valence-corrected chi connectivity index (χ1v) is 8.42. The predicted molar refractivity (Wildman–Crippen MR) is 90.5 cm³/mol. The normalized spacial score (nSPS) is 14.9. The van der Waals surface area contributed by atoms with E-state index in [-0.39, 0.29) is 16.4 Å². The second kappa shape index (κ2) is 7.51. The molecule has 1 amide bonds. The Morgan fingerprint density at radius 2 is 1.93 bits per heavy atom. The largest absolute Gasteiger partial charge is 0.480 e. The van der Waals surface area contributed by atoms with E-state index < -0.39 is 35.5 Å². The molecule has 0 saturated heterocycles. The van der Waals surface area contributed by atoms with Gasteiger partial charge in [0, 0.05) is 16.6 Å². The summed E-state index contributed by atoms with van der Waals surface area (Å²) >= 11 is 0.722. The lowest BCUT2D eigenvalue weighted by Gasteiger charge is -2.22. The standard InChI is InChI=1S/C16H15F4N3O3S/c1-8(12(24)25)21-13(26)15(2,17)9-4-3-5-10(6-9)22-14-23-11(7-27-14)16(18,19)20/h3-8H,1-2H3,(H,21,26)(H,22,23)(H,24,25)/t8-,15+/m0/s1. The maximum Gasteiger partial charge on any atom is 0.434 e. The molecule has 0 radical (unpaired) electrons. The second-order valence-corrected chi connectivity index (χ2v) is 6.64. The van der Waals surface area contributed by atoms with Gasteiger partial charge in [-0.1, -0.05) is 12.1 Å². The lowest BCUT2D eigenvalue weighted by Crippen LogP contribution is -2.46. The number of hydrogen-bond donors (Lipinski definition) is 3. The maximum absolute atomic E-state index is 14.9. The van der Waals surface area contributed by atoms with Gasteiger partial charge in [-0.15, -0.1) is 11.3 Å². The molecule has 146 valence electrons. The Morgan fingerprint density at radius 3 is 2.48 bits per heavy atom. The second-order valence-electron chi connectivity index (χ2n) is 5.78. The number of carboxylic acids is 1. The van der Waals surface area contributed by atoms with Crippen LogP contribution in [0, 0.1) is 0 Å². The number of aromatic nitrogens is 1. The van der Waals surface area contributed by atoms with Crippen molar-refractivity contribution in [3.63, 3.8) is 0 Å². The molecule has 0 saturated carbocycles. The van der Waals surface area contributed by atoms with Gasteiger partial charge in [0.1, 0.15) is 6.04 Å². The van der Waals surface area contributed by atoms with E-state index >= 15 is 0 Å². The van der Waals surface area contributed by atoms with E-state index in [1.165, 1.54) is 31.2 Å². The highest BCUT2D eigenvalue weighted by molar-refractivity contribution is 7.13. The maximum atomic E-state index is 14.9. The lowest BCUT2D eigenvalue weighted by atomic mass is 9.96. The number of carbonyl (C=O) groups is 2. The van der Waals surface area contributed by atoms with Crippen molar-refractivity contribution in [2.24, 2.45) is 0 Å². The molecule has 27 heavy (non-hydrogen) atoms. The fourth-order valence-electron chi connectivity index (χ4n) is 2.00. The van der Waals surface area contributed by atoms with Crippen LogP contribution < -0.4 is 10.6 Å². The summed E-state index contributed by atoms with van der Waals surface area (Å²) in [5.74, 6) is -2.47. The Morgan fingerprint density at radius 1 is 1.26 bits per heavy atom. The summed E-state index contributed by atoms with van der Waals surface area (Å²) < 4.78 is 52.7. The van der Waals surface area contributed by atoms with E-state index in [0.717, 1.165) is 23.6 Å². The highest BCUT2D eigenvalue weighted by atomic mass is 32.1. The zero-order valence-electron chi connectivity index (χ0n) is 14.1. The molecule has 1 heterocycles. The average molecular weight is 405 g/mol. The number of rotatable bonds is 6. The van der Waals surface area contributed by atoms with E-state index in [0.29, 0.717) is 0 Å². The number of hydrogen-bond acceptors (Lipinski definition) is 5. The van der Waals surface area contributed by atoms with E-state index in [1.807, 2.05) is 5.32 Å². The van der Waals surface area contributed by atoms with Crippen molar-refractivity contribution in [2.45, 2.75) is 31.7 Å². The van der Waals surface area contributed by atoms with Gasteiger partial charge in [-0.05, 0) is 26.0 Å². The van der Waals surface area contributed by atoms with Crippen molar-refractivity contribution in [2.75, 3.05) is 5.32 Å². The molecular weight excluding hydrogens is 390 g/mol. The number of benzene rings is 1. The number of amides is 1. The van der Waals surface area contributed by atoms with Crippen LogP contribution in [0.5, 0.6) is 0 Å². The summed E-state index contributed by atoms with van der Waals surface area (Å²) in [5.41, 5.74) is -3.49. The first-order chi connectivity index (χ1) is 12.4. The number of carboxylic acid groups (broad SMARTS) is 1. The predicted octanol–water partition coefficient (Wildman–Crippen LogP) is 3.68. The number of alkyl halides is 4. The molecule has 0 spiro atoms. The van der Waals surface area contributed by atoms with Crippen LogP contribution in [0.25, 0.3) is 0 Å². The quantitative estimate of drug-likeness (QED) is 0.638. The van der Waals surface area contributed by atoms with Crippen molar-refractivity contribution in [3.8, 4) is 0 Å². The monoisotopic (exact) mass is 405 g/mol. The smallest absolute Gasteiger partial charge is 0.434 e. The van der Waals surface area contributed by atoms with Gasteiger partial charge in [-0.2, -0.15) is 13.2 Å². The fourth-order valence-corrected chi connectivity index (χ4v) is 2.74. The molecule has 2 aromatic rings. The molecule has 1 aromatic heterocycles. The number of nitrogens with one attached hydrogen (secondary N) is 2. The van der Waals surface area contributed by atoms with Gasteiger partial charge in [-0.3, -0.25) is 9.59 Å². The highest BCUT2D eigenvalue weighted by Gasteiger charge is 2.37. The first kappa shape index (κ1) is 20.6. The van der Waals surface area contributed by atoms with Crippen LogP contribution in [-0.2, 0) is 21.4 Å². The minimum atomic E-state index is -4.57. The molecule has 11 heteroatoms. The summed E-state index contributed by atoms with van der Waals surface area (Å²) in [5, 5.41) is 14.2. The number of halogens is 4. The zero-order chi connectivity index (χ0) is 20.4. The number of nitrogens with zero attached hydrogens (tertiary/aromatic N) is 1. The summed E-state index contributed by atoms with van der Waals surface area (Å²) in [7, 11) is 0. The number of aliphatic carboxylic acids is 1. The van der Waals surface area contributed by atoms with Crippen molar-refractivity contribution < 1.29 is 32.3 Å². The van der Waals surface area contributed by atoms with E-state index in [1.54, 1.807) is 0 Å². The van der Waals surface area contributed by atoms with Gasteiger partial charge in [0.05, 0.1) is 0 Å². The third-order valence-electron chi connectivity index (χ3n) is 3.60. The Labute approximate surface area is 155 Å². The Kier molecular flexibility index (Phi) is 5.73. The molecule has 0 aliphatic rings. The molecular formula is C16H15F4N3O3S. The number of carbonyl (C=O) groups excluding carboxylic acids is 1. The summed E-state index contributed by atoms with van der Waals surface area (Å²) in [4.78, 5) is 26.3. The van der Waals surface area contributed by atoms with Crippen molar-refractivity contribution >= 4 is 34.0 Å². The van der Waals surface area contributed by atoms with Gasteiger partial charge >= 0.3 is 12.1 Å². The Bertz CT molecular complexity index is 851. The van der Waals surface area contributed by atoms with Gasteiger partial charge in [0.2, 0.25) is 5.67 Å². The van der Waals surface area contributed by atoms with Gasteiger partial charge in [-0.25, -0.2) is 9.37 Å². The van der Waals surface area contributed by atoms with Crippen LogP contribution in [0.4, 0.5) is 28.4 Å². The van der Waals surface area contributed by atoms with Crippen LogP contribution >= 0.6 is 11.3 Å². The Hall–Kier alpha value is -2.69. The SMILES string of the molecule is C[C@H](NC(=O)[C@](C)(F)c1cccc(Nc2nc(C(F)(F)F)cs2)c1)C(=O)O. The molecule has 6 nitrogen and oxygen atoms in total. The van der Waals surface area contributed by atoms with Crippen LogP contribution in [0.2, 0.25) is 0 Å². The van der Waals surface area contributed by atoms with Crippen molar-refractivity contribution in [1.82, 2.24) is 10.3 Å². The van der Waals surface area contributed by atoms with Crippen LogP contribution in [0.15, 0.2) is 29.6 Å². The van der Waals surface area contributed by atoms with E-state index in [2.05, 4.69) is 10.3 Å². The Balaban J connectivity index is 2.19. The summed E-state index contributed by atoms with van der Waals surface area (Å²) in [6, 6.07) is 4.12. The third-order valence-corrected chi connectivity index (χ3v) is 4.35. The molecule has 0 bridgehead atoms. The van der Waals surface area contributed by atoms with Gasteiger partial charge in [0.15, 0.2) is 10.8 Å². The molecule has 0 fully saturated rings. The molecule has 2 rings (SSSR count). The number of anilines is 2. The minimum Gasteiger partial charge on any atom is -0.480 e. The molecule has 3 N–H and O–H groups in total. The van der Waals surface area contributed by atoms with Crippen LogP contribution in [-0.4, -0.2) is 28.0 Å². The summed E-state index contributed by atoms with van der Waals surface area (Å²) in [6.45, 7) is 2.15. The van der Waals surface area contributed by atoms with E-state index in [9.17, 15) is 27.2 Å². The summed E-state index contributed by atoms with van der Waals surface area (Å²) in [6.07, 6.45) is -4.57. The van der Waals surface area contributed by atoms with Crippen LogP contribution in [0.1, 0.15) is 25.1 Å². The van der Waals surface area contributed by atoms with Gasteiger partial charge in [0.25, 0.3) is 5.91 Å². The fraction of sp³-hybridized carbons (Fsp3) is 0.312. The molecule has 1 aromatic carbocycles. The topological polar surface area (TPSA) is 91.3 Å². The minimum absolute atomic E-state index is 0.0519. The highest BCUT2D eigenvalue weighted by Crippen LogP contribution is 2.33. The van der Waals surface area contributed by atoms with Crippen molar-refractivity contribution in [1.29, 1.82) is 0 Å². The van der Waals surface area contributed by atoms with Crippen LogP contribution in [0.3, 0.4) is 0 Å². The lowest BCUT2D eigenvalue weighted by molar-refractivity contribution is -0.143. The zero-order valence-corrected chi connectivity index (χ0v) is 14.9. The third kappa shape index (κ3) is 4.94. The molecule has 2 atom stereocenters. The first-order valence-electron chi connectivity index (χ1n) is 7.54.